The zero-order chi connectivity index (χ0) is 20.6. The molecule has 1 spiro atoms. The number of carbonyl (C=O) groups is 1. The molecule has 5 nitrogen and oxygen atoms in total. The molecule has 30 heavy (non-hydrogen) atoms. The fraction of sp³-hybridized carbons (Fsp3) is 0.480. The SMILES string of the molecule is COc1cccc(OC[C@@H]2CCc3cc([C@@H]4CC[C@]5(COC(=O)N5)C4)ccc3C2)c1. The van der Waals surface area contributed by atoms with E-state index in [1.54, 1.807) is 7.11 Å². The second kappa shape index (κ2) is 7.86. The van der Waals surface area contributed by atoms with Crippen molar-refractivity contribution in [3.05, 3.63) is 59.2 Å². The minimum absolute atomic E-state index is 0.139. The van der Waals surface area contributed by atoms with E-state index in [4.69, 9.17) is 14.2 Å². The maximum atomic E-state index is 11.5. The van der Waals surface area contributed by atoms with Crippen LogP contribution >= 0.6 is 0 Å². The van der Waals surface area contributed by atoms with Gasteiger partial charge in [0.25, 0.3) is 0 Å². The summed E-state index contributed by atoms with van der Waals surface area (Å²) in [4.78, 5) is 11.5. The minimum Gasteiger partial charge on any atom is -0.497 e. The molecule has 5 rings (SSSR count). The molecule has 2 aromatic carbocycles. The summed E-state index contributed by atoms with van der Waals surface area (Å²) in [7, 11) is 1.68. The van der Waals surface area contributed by atoms with Crippen molar-refractivity contribution in [3.63, 3.8) is 0 Å². The van der Waals surface area contributed by atoms with Gasteiger partial charge in [0, 0.05) is 6.07 Å². The van der Waals surface area contributed by atoms with E-state index in [1.165, 1.54) is 16.7 Å². The molecule has 0 radical (unpaired) electrons. The number of ether oxygens (including phenoxy) is 3. The van der Waals surface area contributed by atoms with E-state index in [0.717, 1.165) is 56.6 Å². The maximum Gasteiger partial charge on any atom is 0.407 e. The van der Waals surface area contributed by atoms with Gasteiger partial charge >= 0.3 is 6.09 Å². The normalized spacial score (nSPS) is 27.4. The third-order valence-corrected chi connectivity index (χ3v) is 7.01. The molecule has 158 valence electrons. The van der Waals surface area contributed by atoms with E-state index in [9.17, 15) is 4.79 Å². The molecule has 3 aliphatic rings. The summed E-state index contributed by atoms with van der Waals surface area (Å²) in [5.74, 6) is 2.74. The van der Waals surface area contributed by atoms with E-state index in [-0.39, 0.29) is 11.6 Å². The summed E-state index contributed by atoms with van der Waals surface area (Å²) < 4.78 is 16.5. The second-order valence-corrected chi connectivity index (χ2v) is 9.05. The first-order valence-corrected chi connectivity index (χ1v) is 11.0. The van der Waals surface area contributed by atoms with Gasteiger partial charge in [-0.15, -0.1) is 0 Å². The van der Waals surface area contributed by atoms with Gasteiger partial charge < -0.3 is 19.5 Å². The van der Waals surface area contributed by atoms with Gasteiger partial charge in [-0.25, -0.2) is 4.79 Å². The Labute approximate surface area is 177 Å². The zero-order valence-corrected chi connectivity index (χ0v) is 17.5. The summed E-state index contributed by atoms with van der Waals surface area (Å²) in [5, 5.41) is 3.05. The quantitative estimate of drug-likeness (QED) is 0.785. The number of hydrogen-bond acceptors (Lipinski definition) is 4. The summed E-state index contributed by atoms with van der Waals surface area (Å²) in [6, 6.07) is 14.8. The lowest BCUT2D eigenvalue weighted by Gasteiger charge is -2.26. The molecule has 0 bridgehead atoms. The van der Waals surface area contributed by atoms with Crippen LogP contribution in [0, 0.1) is 5.92 Å². The lowest BCUT2D eigenvalue weighted by Crippen LogP contribution is -2.40. The van der Waals surface area contributed by atoms with Crippen molar-refractivity contribution in [2.45, 2.75) is 50.0 Å². The van der Waals surface area contributed by atoms with Gasteiger partial charge in [0.1, 0.15) is 18.1 Å². The van der Waals surface area contributed by atoms with Gasteiger partial charge in [-0.1, -0.05) is 24.3 Å². The fourth-order valence-corrected chi connectivity index (χ4v) is 5.30. The molecule has 3 atom stereocenters. The Hall–Kier alpha value is -2.69. The van der Waals surface area contributed by atoms with Gasteiger partial charge in [-0.05, 0) is 79.2 Å². The first-order valence-electron chi connectivity index (χ1n) is 11.0. The standard InChI is InChI=1S/C25H29NO4/c1-28-22-3-2-4-23(13-22)29-15-17-5-6-19-12-20(8-7-18(19)11-17)21-9-10-25(14-21)16-30-24(27)26-25/h2-4,7-8,12-13,17,21H,5-6,9-11,14-16H2,1H3,(H,26,27)/t17-,21-,25-/m1/s1. The lowest BCUT2D eigenvalue weighted by atomic mass is 9.82. The number of carbonyl (C=O) groups excluding carboxylic acids is 1. The molecule has 2 aromatic rings. The van der Waals surface area contributed by atoms with Crippen LogP contribution in [0.4, 0.5) is 4.79 Å². The van der Waals surface area contributed by atoms with Crippen molar-refractivity contribution >= 4 is 6.09 Å². The van der Waals surface area contributed by atoms with E-state index in [0.29, 0.717) is 18.4 Å². The van der Waals surface area contributed by atoms with Gasteiger partial charge in [-0.3, -0.25) is 0 Å². The third-order valence-electron chi connectivity index (χ3n) is 7.01. The van der Waals surface area contributed by atoms with Crippen molar-refractivity contribution in [3.8, 4) is 11.5 Å². The van der Waals surface area contributed by atoms with E-state index in [1.807, 2.05) is 24.3 Å². The Morgan fingerprint density at radius 1 is 1.13 bits per heavy atom. The van der Waals surface area contributed by atoms with Crippen LogP contribution in [0.3, 0.4) is 0 Å². The Bertz CT molecular complexity index is 942. The first kappa shape index (κ1) is 19.3. The van der Waals surface area contributed by atoms with Crippen LogP contribution in [-0.2, 0) is 17.6 Å². The Morgan fingerprint density at radius 2 is 2.03 bits per heavy atom. The molecule has 1 heterocycles. The molecule has 1 saturated carbocycles. The van der Waals surface area contributed by atoms with Crippen molar-refractivity contribution in [2.24, 2.45) is 5.92 Å². The Kier molecular flexibility index (Phi) is 5.05. The molecular formula is C25H29NO4. The monoisotopic (exact) mass is 407 g/mol. The molecule has 1 amide bonds. The third kappa shape index (κ3) is 3.85. The maximum absolute atomic E-state index is 11.5. The topological polar surface area (TPSA) is 56.8 Å². The predicted octanol–water partition coefficient (Wildman–Crippen LogP) is 4.63. The van der Waals surface area contributed by atoms with Gasteiger partial charge in [-0.2, -0.15) is 0 Å². The number of rotatable bonds is 5. The number of nitrogens with one attached hydrogen (secondary N) is 1. The average molecular weight is 408 g/mol. The minimum atomic E-state index is -0.261. The second-order valence-electron chi connectivity index (χ2n) is 9.05. The Morgan fingerprint density at radius 3 is 2.87 bits per heavy atom. The lowest BCUT2D eigenvalue weighted by molar-refractivity contribution is 0.172. The first-order chi connectivity index (χ1) is 14.6. The molecule has 0 unspecified atom stereocenters. The summed E-state index contributed by atoms with van der Waals surface area (Å²) in [6.07, 6.45) is 6.16. The molecule has 5 heteroatoms. The van der Waals surface area contributed by atoms with Crippen LogP contribution in [0.15, 0.2) is 42.5 Å². The van der Waals surface area contributed by atoms with Crippen molar-refractivity contribution < 1.29 is 19.0 Å². The van der Waals surface area contributed by atoms with Crippen LogP contribution in [0.2, 0.25) is 0 Å². The van der Waals surface area contributed by atoms with Crippen LogP contribution < -0.4 is 14.8 Å². The van der Waals surface area contributed by atoms with Crippen LogP contribution in [0.25, 0.3) is 0 Å². The van der Waals surface area contributed by atoms with E-state index in [2.05, 4.69) is 23.5 Å². The number of benzene rings is 2. The number of aryl methyl sites for hydroxylation is 1. The number of amides is 1. The molecule has 1 aliphatic heterocycles. The molecular weight excluding hydrogens is 378 g/mol. The summed E-state index contributed by atoms with van der Waals surface area (Å²) >= 11 is 0. The molecule has 2 aliphatic carbocycles. The molecule has 2 fully saturated rings. The van der Waals surface area contributed by atoms with E-state index < -0.39 is 0 Å². The van der Waals surface area contributed by atoms with E-state index >= 15 is 0 Å². The largest absolute Gasteiger partial charge is 0.497 e. The van der Waals surface area contributed by atoms with Crippen molar-refractivity contribution in [2.75, 3.05) is 20.3 Å². The predicted molar refractivity (Wildman–Crippen MR) is 114 cm³/mol. The number of cyclic esters (lactones) is 1. The fourth-order valence-electron chi connectivity index (χ4n) is 5.30. The number of methoxy groups -OCH3 is 1. The molecule has 1 N–H and O–H groups in total. The van der Waals surface area contributed by atoms with Crippen LogP contribution in [0.1, 0.15) is 48.3 Å². The van der Waals surface area contributed by atoms with Gasteiger partial charge in [0.2, 0.25) is 0 Å². The summed E-state index contributed by atoms with van der Waals surface area (Å²) in [6.45, 7) is 1.25. The van der Waals surface area contributed by atoms with Crippen molar-refractivity contribution in [1.82, 2.24) is 5.32 Å². The summed E-state index contributed by atoms with van der Waals surface area (Å²) in [5.41, 5.74) is 4.21. The number of alkyl carbamates (subject to hydrolysis) is 1. The van der Waals surface area contributed by atoms with Crippen molar-refractivity contribution in [1.29, 1.82) is 0 Å². The smallest absolute Gasteiger partial charge is 0.407 e. The van der Waals surface area contributed by atoms with Crippen LogP contribution in [-0.4, -0.2) is 32.0 Å². The Balaban J connectivity index is 1.20. The zero-order valence-electron chi connectivity index (χ0n) is 17.5. The highest BCUT2D eigenvalue weighted by Gasteiger charge is 2.46. The molecule has 1 saturated heterocycles. The highest BCUT2D eigenvalue weighted by atomic mass is 16.6. The highest BCUT2D eigenvalue weighted by Crippen LogP contribution is 2.43. The van der Waals surface area contributed by atoms with Gasteiger partial charge in [0.05, 0.1) is 19.3 Å². The number of hydrogen-bond donors (Lipinski definition) is 1. The highest BCUT2D eigenvalue weighted by molar-refractivity contribution is 5.70. The number of fused-ring (bicyclic) bond motifs is 1. The average Bonchev–Trinajstić information content (AvgIpc) is 3.37. The molecule has 0 aromatic heterocycles. The van der Waals surface area contributed by atoms with Gasteiger partial charge in [0.15, 0.2) is 0 Å². The van der Waals surface area contributed by atoms with Crippen LogP contribution in [0.5, 0.6) is 11.5 Å².